The maximum atomic E-state index is 13.7. The summed E-state index contributed by atoms with van der Waals surface area (Å²) in [5.41, 5.74) is 1.73. The van der Waals surface area contributed by atoms with Crippen LogP contribution in [0.3, 0.4) is 0 Å². The molecule has 10 heteroatoms. The second-order valence-electron chi connectivity index (χ2n) is 11.1. The summed E-state index contributed by atoms with van der Waals surface area (Å²) in [6.45, 7) is 4.91. The van der Waals surface area contributed by atoms with Crippen molar-refractivity contribution in [3.05, 3.63) is 89.7 Å². The number of amides is 3. The van der Waals surface area contributed by atoms with Gasteiger partial charge in [0.2, 0.25) is 11.8 Å². The number of piperazine rings is 1. The summed E-state index contributed by atoms with van der Waals surface area (Å²) in [5.74, 6) is 1.20. The van der Waals surface area contributed by atoms with Gasteiger partial charge >= 0.3 is 0 Å². The summed E-state index contributed by atoms with van der Waals surface area (Å²) in [6, 6.07) is 20.0. The lowest BCUT2D eigenvalue weighted by atomic mass is 9.81. The van der Waals surface area contributed by atoms with Gasteiger partial charge in [0.25, 0.3) is 5.91 Å². The van der Waals surface area contributed by atoms with Crippen LogP contribution in [0.4, 0.5) is 0 Å². The van der Waals surface area contributed by atoms with E-state index in [-0.39, 0.29) is 30.1 Å². The molecule has 3 amide bonds. The quantitative estimate of drug-likeness (QED) is 0.356. The zero-order valence-electron chi connectivity index (χ0n) is 24.8. The predicted octanol–water partition coefficient (Wildman–Crippen LogP) is 4.36. The maximum Gasteiger partial charge on any atom is 0.251 e. The van der Waals surface area contributed by atoms with Crippen molar-refractivity contribution in [2.24, 2.45) is 0 Å². The lowest BCUT2D eigenvalue weighted by Gasteiger charge is -2.51. The third kappa shape index (κ3) is 7.35. The van der Waals surface area contributed by atoms with Crippen LogP contribution in [0.5, 0.6) is 11.5 Å². The standard InChI is InChI=1S/C33H39N5O4.ClH/c1-3-4-19-38-31(40)29(22-26-7-5-6-18-35-26)36-32(41)33(38)16-20-37(21-17-33)23-24-8-12-27(13-9-24)42-28-14-10-25(11-15-28)30(39)34-2;/h5-15,18,29H,3-4,16-17,19-23H2,1-2H3,(H,34,39)(H,36,41);1H/t29-;/m0./s1. The highest BCUT2D eigenvalue weighted by Gasteiger charge is 2.53. The molecule has 9 nitrogen and oxygen atoms in total. The van der Waals surface area contributed by atoms with Gasteiger partial charge in [0.1, 0.15) is 23.1 Å². The Morgan fingerprint density at radius 2 is 1.70 bits per heavy atom. The van der Waals surface area contributed by atoms with Gasteiger partial charge in [0.15, 0.2) is 0 Å². The van der Waals surface area contributed by atoms with E-state index in [9.17, 15) is 14.4 Å². The van der Waals surface area contributed by atoms with Gasteiger partial charge in [-0.2, -0.15) is 0 Å². The van der Waals surface area contributed by atoms with Crippen LogP contribution in [0.15, 0.2) is 72.9 Å². The average molecular weight is 606 g/mol. The number of hydrogen-bond acceptors (Lipinski definition) is 6. The highest BCUT2D eigenvalue weighted by molar-refractivity contribution is 6.00. The van der Waals surface area contributed by atoms with Gasteiger partial charge in [-0.15, -0.1) is 12.4 Å². The number of carbonyl (C=O) groups is 3. The van der Waals surface area contributed by atoms with Crippen LogP contribution in [0.25, 0.3) is 0 Å². The molecule has 1 spiro atoms. The Balaban J connectivity index is 0.00000423. The molecule has 43 heavy (non-hydrogen) atoms. The molecule has 2 N–H and O–H groups in total. The van der Waals surface area contributed by atoms with Crippen molar-refractivity contribution in [3.8, 4) is 11.5 Å². The number of nitrogens with zero attached hydrogens (tertiary/aromatic N) is 3. The molecule has 1 atom stereocenters. The third-order valence-electron chi connectivity index (χ3n) is 8.28. The monoisotopic (exact) mass is 605 g/mol. The molecule has 228 valence electrons. The van der Waals surface area contributed by atoms with E-state index in [1.807, 2.05) is 47.4 Å². The lowest BCUT2D eigenvalue weighted by Crippen LogP contribution is -2.73. The number of rotatable bonds is 10. The van der Waals surface area contributed by atoms with Crippen LogP contribution in [0, 0.1) is 0 Å². The summed E-state index contributed by atoms with van der Waals surface area (Å²) >= 11 is 0. The fraction of sp³-hybridized carbons (Fsp3) is 0.394. The summed E-state index contributed by atoms with van der Waals surface area (Å²) in [7, 11) is 1.60. The van der Waals surface area contributed by atoms with Gasteiger partial charge in [-0.1, -0.05) is 31.5 Å². The fourth-order valence-electron chi connectivity index (χ4n) is 5.84. The molecular formula is C33H40ClN5O4. The summed E-state index contributed by atoms with van der Waals surface area (Å²) in [5, 5.41) is 5.67. The molecule has 2 aliphatic rings. The van der Waals surface area contributed by atoms with Crippen molar-refractivity contribution in [1.29, 1.82) is 0 Å². The molecule has 2 aliphatic heterocycles. The molecule has 1 aromatic heterocycles. The number of ether oxygens (including phenoxy) is 1. The summed E-state index contributed by atoms with van der Waals surface area (Å²) < 4.78 is 5.95. The molecule has 2 saturated heterocycles. The molecule has 3 heterocycles. The first-order chi connectivity index (χ1) is 20.4. The van der Waals surface area contributed by atoms with Crippen molar-refractivity contribution in [3.63, 3.8) is 0 Å². The molecule has 2 fully saturated rings. The molecule has 2 aromatic carbocycles. The number of piperidine rings is 1. The Labute approximate surface area is 259 Å². The number of hydrogen-bond donors (Lipinski definition) is 2. The topological polar surface area (TPSA) is 104 Å². The molecule has 0 radical (unpaired) electrons. The van der Waals surface area contributed by atoms with Gasteiger partial charge in [0.05, 0.1) is 0 Å². The van der Waals surface area contributed by atoms with Crippen molar-refractivity contribution in [2.45, 2.75) is 57.2 Å². The van der Waals surface area contributed by atoms with Crippen LogP contribution in [-0.4, -0.2) is 70.8 Å². The Hall–Kier alpha value is -3.95. The number of pyridine rings is 1. The Morgan fingerprint density at radius 1 is 1.02 bits per heavy atom. The highest BCUT2D eigenvalue weighted by Crippen LogP contribution is 2.34. The molecule has 0 unspecified atom stereocenters. The third-order valence-corrected chi connectivity index (χ3v) is 8.28. The molecule has 0 bridgehead atoms. The number of aromatic nitrogens is 1. The van der Waals surface area contributed by atoms with Gasteiger partial charge in [0, 0.05) is 57.1 Å². The Morgan fingerprint density at radius 3 is 2.30 bits per heavy atom. The molecular weight excluding hydrogens is 566 g/mol. The van der Waals surface area contributed by atoms with E-state index in [0.29, 0.717) is 42.9 Å². The second-order valence-corrected chi connectivity index (χ2v) is 11.1. The Kier molecular flexibility index (Phi) is 10.8. The van der Waals surface area contributed by atoms with Crippen molar-refractivity contribution >= 4 is 30.1 Å². The number of nitrogens with one attached hydrogen (secondary N) is 2. The van der Waals surface area contributed by atoms with E-state index in [1.54, 1.807) is 37.5 Å². The van der Waals surface area contributed by atoms with E-state index in [2.05, 4.69) is 27.4 Å². The summed E-state index contributed by atoms with van der Waals surface area (Å²) in [4.78, 5) is 47.6. The molecule has 5 rings (SSSR count). The van der Waals surface area contributed by atoms with Crippen molar-refractivity contribution < 1.29 is 19.1 Å². The van der Waals surface area contributed by atoms with Gasteiger partial charge in [-0.3, -0.25) is 24.3 Å². The van der Waals surface area contributed by atoms with E-state index in [4.69, 9.17) is 4.74 Å². The maximum absolute atomic E-state index is 13.7. The Bertz CT molecular complexity index is 1380. The van der Waals surface area contributed by atoms with Crippen LogP contribution in [0.1, 0.15) is 54.2 Å². The van der Waals surface area contributed by atoms with Crippen LogP contribution >= 0.6 is 12.4 Å². The molecule has 3 aromatic rings. The first kappa shape index (κ1) is 32.0. The molecule has 0 saturated carbocycles. The van der Waals surface area contributed by atoms with Crippen LogP contribution in [-0.2, 0) is 22.6 Å². The number of likely N-dealkylation sites (tertiary alicyclic amines) is 1. The normalized spacial score (nSPS) is 18.1. The first-order valence-electron chi connectivity index (χ1n) is 14.8. The largest absolute Gasteiger partial charge is 0.457 e. The van der Waals surface area contributed by atoms with E-state index in [0.717, 1.165) is 43.7 Å². The minimum atomic E-state index is -0.797. The highest BCUT2D eigenvalue weighted by atomic mass is 35.5. The number of halogens is 1. The zero-order valence-corrected chi connectivity index (χ0v) is 25.6. The number of benzene rings is 2. The van der Waals surface area contributed by atoms with Gasteiger partial charge < -0.3 is 20.3 Å². The van der Waals surface area contributed by atoms with Gasteiger partial charge in [-0.25, -0.2) is 0 Å². The van der Waals surface area contributed by atoms with Crippen LogP contribution < -0.4 is 15.4 Å². The predicted molar refractivity (Wildman–Crippen MR) is 167 cm³/mol. The van der Waals surface area contributed by atoms with Crippen LogP contribution in [0.2, 0.25) is 0 Å². The second kappa shape index (κ2) is 14.5. The average Bonchev–Trinajstić information content (AvgIpc) is 3.02. The van der Waals surface area contributed by atoms with E-state index >= 15 is 0 Å². The fourth-order valence-corrected chi connectivity index (χ4v) is 5.84. The van der Waals surface area contributed by atoms with Crippen molar-refractivity contribution in [2.75, 3.05) is 26.7 Å². The summed E-state index contributed by atoms with van der Waals surface area (Å²) in [6.07, 6.45) is 5.16. The van der Waals surface area contributed by atoms with Crippen molar-refractivity contribution in [1.82, 2.24) is 25.4 Å². The minimum absolute atomic E-state index is 0. The van der Waals surface area contributed by atoms with E-state index in [1.165, 1.54) is 0 Å². The first-order valence-corrected chi connectivity index (χ1v) is 14.8. The zero-order chi connectivity index (χ0) is 29.5. The van der Waals surface area contributed by atoms with E-state index < -0.39 is 11.6 Å². The van der Waals surface area contributed by atoms with Gasteiger partial charge in [-0.05, 0) is 73.4 Å². The number of unbranched alkanes of at least 4 members (excludes halogenated alkanes) is 1. The number of carbonyl (C=O) groups excluding carboxylic acids is 3. The lowest BCUT2D eigenvalue weighted by molar-refractivity contribution is -0.161. The SMILES string of the molecule is CCCCN1C(=O)[C@H](Cc2ccccn2)NC(=O)C12CCN(Cc1ccc(Oc3ccc(C(=O)NC)cc3)cc1)CC2.Cl. The smallest absolute Gasteiger partial charge is 0.251 e. The molecule has 0 aliphatic carbocycles. The minimum Gasteiger partial charge on any atom is -0.457 e.